The minimum absolute atomic E-state index is 0.139. The Kier molecular flexibility index (Phi) is 5.25. The van der Waals surface area contributed by atoms with Crippen molar-refractivity contribution in [3.8, 4) is 11.4 Å². The van der Waals surface area contributed by atoms with Crippen LogP contribution in [0.15, 0.2) is 65.7 Å². The lowest BCUT2D eigenvalue weighted by atomic mass is 10.00. The van der Waals surface area contributed by atoms with Gasteiger partial charge in [0.1, 0.15) is 5.82 Å². The van der Waals surface area contributed by atoms with Crippen LogP contribution in [0, 0.1) is 6.92 Å². The molecular formula is C24H22N4O3. The van der Waals surface area contributed by atoms with Crippen molar-refractivity contribution in [2.45, 2.75) is 19.9 Å². The predicted molar refractivity (Wildman–Crippen MR) is 120 cm³/mol. The highest BCUT2D eigenvalue weighted by molar-refractivity contribution is 5.94. The van der Waals surface area contributed by atoms with Crippen molar-refractivity contribution in [3.05, 3.63) is 88.0 Å². The zero-order valence-electron chi connectivity index (χ0n) is 17.5. The molecule has 4 rings (SSSR count). The maximum atomic E-state index is 13.2. The maximum absolute atomic E-state index is 13.2. The maximum Gasteiger partial charge on any atom is 0.337 e. The summed E-state index contributed by atoms with van der Waals surface area (Å²) in [5.74, 6) is -0.459. The first-order chi connectivity index (χ1) is 14.9. The van der Waals surface area contributed by atoms with Gasteiger partial charge in [-0.05, 0) is 49.7 Å². The van der Waals surface area contributed by atoms with Crippen LogP contribution in [0.4, 0.5) is 5.69 Å². The first-order valence-corrected chi connectivity index (χ1v) is 9.87. The van der Waals surface area contributed by atoms with Crippen LogP contribution in [0.1, 0.15) is 34.5 Å². The summed E-state index contributed by atoms with van der Waals surface area (Å²) < 4.78 is 1.54. The number of benzene rings is 2. The predicted octanol–water partition coefficient (Wildman–Crippen LogP) is 4.18. The van der Waals surface area contributed by atoms with E-state index in [9.17, 15) is 14.7 Å². The number of rotatable bonds is 5. The van der Waals surface area contributed by atoms with Crippen LogP contribution >= 0.6 is 0 Å². The SMILES string of the molecule is Cc1cc(C(C)Nc2ccccc2C(=O)O)c2nc(-c3ccncc3)n(C)c(=O)c2c1. The molecule has 0 saturated carbocycles. The van der Waals surface area contributed by atoms with Crippen LogP contribution in [0.5, 0.6) is 0 Å². The first kappa shape index (κ1) is 20.3. The number of aromatic nitrogens is 3. The number of fused-ring (bicyclic) bond motifs is 1. The highest BCUT2D eigenvalue weighted by atomic mass is 16.4. The molecule has 0 saturated heterocycles. The van der Waals surface area contributed by atoms with Gasteiger partial charge in [0.2, 0.25) is 0 Å². The molecule has 1 atom stereocenters. The van der Waals surface area contributed by atoms with Gasteiger partial charge in [-0.15, -0.1) is 0 Å². The Labute approximate surface area is 179 Å². The van der Waals surface area contributed by atoms with Crippen LogP contribution in [0.3, 0.4) is 0 Å². The quantitative estimate of drug-likeness (QED) is 0.509. The number of nitrogens with one attached hydrogen (secondary N) is 1. The number of hydrogen-bond acceptors (Lipinski definition) is 5. The van der Waals surface area contributed by atoms with Crippen LogP contribution in [-0.4, -0.2) is 25.6 Å². The standard InChI is InChI=1S/C24H22N4O3/c1-14-12-18(15(2)26-20-7-5-4-6-17(20)24(30)31)21-19(13-14)23(29)28(3)22(27-21)16-8-10-25-11-9-16/h4-13,15,26H,1-3H3,(H,30,31). The van der Waals surface area contributed by atoms with Gasteiger partial charge < -0.3 is 10.4 Å². The molecule has 1 unspecified atom stereocenters. The number of aromatic carboxylic acids is 1. The van der Waals surface area contributed by atoms with E-state index < -0.39 is 5.97 Å². The molecular weight excluding hydrogens is 392 g/mol. The lowest BCUT2D eigenvalue weighted by Gasteiger charge is -2.20. The zero-order valence-corrected chi connectivity index (χ0v) is 17.5. The molecule has 0 aliphatic rings. The molecule has 0 amide bonds. The number of hydrogen-bond donors (Lipinski definition) is 2. The monoisotopic (exact) mass is 414 g/mol. The molecule has 2 aromatic heterocycles. The Bertz CT molecular complexity index is 1350. The number of anilines is 1. The molecule has 31 heavy (non-hydrogen) atoms. The minimum Gasteiger partial charge on any atom is -0.478 e. The smallest absolute Gasteiger partial charge is 0.337 e. The normalized spacial score (nSPS) is 12.0. The van der Waals surface area contributed by atoms with Crippen LogP contribution in [0.2, 0.25) is 0 Å². The second-order valence-corrected chi connectivity index (χ2v) is 7.50. The van der Waals surface area contributed by atoms with Gasteiger partial charge in [0.05, 0.1) is 22.5 Å². The second-order valence-electron chi connectivity index (χ2n) is 7.50. The van der Waals surface area contributed by atoms with Gasteiger partial charge in [-0.1, -0.05) is 18.2 Å². The number of aryl methyl sites for hydroxylation is 1. The lowest BCUT2D eigenvalue weighted by molar-refractivity contribution is 0.0698. The lowest BCUT2D eigenvalue weighted by Crippen LogP contribution is -2.22. The van der Waals surface area contributed by atoms with Crippen molar-refractivity contribution < 1.29 is 9.90 Å². The van der Waals surface area contributed by atoms with E-state index in [1.165, 1.54) is 0 Å². The minimum atomic E-state index is -1.00. The topological polar surface area (TPSA) is 97.1 Å². The van der Waals surface area contributed by atoms with E-state index in [4.69, 9.17) is 4.98 Å². The second kappa shape index (κ2) is 8.02. The summed E-state index contributed by atoms with van der Waals surface area (Å²) in [6.07, 6.45) is 3.32. The highest BCUT2D eigenvalue weighted by Gasteiger charge is 2.19. The third-order valence-corrected chi connectivity index (χ3v) is 5.29. The van der Waals surface area contributed by atoms with Gasteiger partial charge in [0.25, 0.3) is 5.56 Å². The summed E-state index contributed by atoms with van der Waals surface area (Å²) in [6.45, 7) is 3.86. The molecule has 0 aliphatic carbocycles. The summed E-state index contributed by atoms with van der Waals surface area (Å²) in [6, 6.07) is 13.9. The Morgan fingerprint density at radius 1 is 1.13 bits per heavy atom. The fraction of sp³-hybridized carbons (Fsp3) is 0.167. The number of para-hydroxylation sites is 1. The summed E-state index contributed by atoms with van der Waals surface area (Å²) in [5, 5.41) is 13.3. The summed E-state index contributed by atoms with van der Waals surface area (Å²) >= 11 is 0. The molecule has 2 aromatic carbocycles. The van der Waals surface area contributed by atoms with E-state index in [0.29, 0.717) is 22.4 Å². The Balaban J connectivity index is 1.89. The summed E-state index contributed by atoms with van der Waals surface area (Å²) in [5.41, 5.74) is 3.69. The number of nitrogens with zero attached hydrogens (tertiary/aromatic N) is 3. The van der Waals surface area contributed by atoms with E-state index in [2.05, 4.69) is 10.3 Å². The van der Waals surface area contributed by atoms with Crippen LogP contribution in [0.25, 0.3) is 22.3 Å². The fourth-order valence-corrected chi connectivity index (χ4v) is 3.75. The molecule has 7 nitrogen and oxygen atoms in total. The van der Waals surface area contributed by atoms with Crippen LogP contribution in [-0.2, 0) is 7.05 Å². The number of carboxylic acid groups (broad SMARTS) is 1. The highest BCUT2D eigenvalue weighted by Crippen LogP contribution is 2.29. The molecule has 0 fully saturated rings. The molecule has 0 bridgehead atoms. The van der Waals surface area contributed by atoms with Crippen molar-refractivity contribution in [3.63, 3.8) is 0 Å². The molecule has 7 heteroatoms. The average Bonchev–Trinajstić information content (AvgIpc) is 2.77. The number of pyridine rings is 1. The molecule has 0 radical (unpaired) electrons. The Hall–Kier alpha value is -4.00. The third-order valence-electron chi connectivity index (χ3n) is 5.29. The van der Waals surface area contributed by atoms with E-state index in [-0.39, 0.29) is 17.2 Å². The van der Waals surface area contributed by atoms with Crippen molar-refractivity contribution in [1.82, 2.24) is 14.5 Å². The molecule has 2 N–H and O–H groups in total. The third kappa shape index (κ3) is 3.77. The largest absolute Gasteiger partial charge is 0.478 e. The van der Waals surface area contributed by atoms with Crippen molar-refractivity contribution >= 4 is 22.6 Å². The molecule has 2 heterocycles. The van der Waals surface area contributed by atoms with Gasteiger partial charge >= 0.3 is 5.97 Å². The van der Waals surface area contributed by atoms with E-state index >= 15 is 0 Å². The van der Waals surface area contributed by atoms with E-state index in [1.807, 2.05) is 38.1 Å². The van der Waals surface area contributed by atoms with E-state index in [1.54, 1.807) is 48.3 Å². The molecule has 4 aromatic rings. The van der Waals surface area contributed by atoms with Gasteiger partial charge in [0.15, 0.2) is 0 Å². The number of carbonyl (C=O) groups is 1. The number of carboxylic acids is 1. The van der Waals surface area contributed by atoms with E-state index in [0.717, 1.165) is 16.7 Å². The van der Waals surface area contributed by atoms with Gasteiger partial charge in [-0.3, -0.25) is 14.3 Å². The molecule has 0 spiro atoms. The van der Waals surface area contributed by atoms with Gasteiger partial charge in [-0.2, -0.15) is 0 Å². The van der Waals surface area contributed by atoms with Crippen molar-refractivity contribution in [2.75, 3.05) is 5.32 Å². The Morgan fingerprint density at radius 3 is 2.55 bits per heavy atom. The average molecular weight is 414 g/mol. The van der Waals surface area contributed by atoms with Gasteiger partial charge in [0, 0.05) is 36.3 Å². The molecule has 156 valence electrons. The fourth-order valence-electron chi connectivity index (χ4n) is 3.75. The molecule has 0 aliphatic heterocycles. The van der Waals surface area contributed by atoms with Gasteiger partial charge in [-0.25, -0.2) is 9.78 Å². The van der Waals surface area contributed by atoms with Crippen molar-refractivity contribution in [2.24, 2.45) is 7.05 Å². The summed E-state index contributed by atoms with van der Waals surface area (Å²) in [7, 11) is 1.71. The van der Waals surface area contributed by atoms with Crippen molar-refractivity contribution in [1.29, 1.82) is 0 Å². The zero-order chi connectivity index (χ0) is 22.1. The summed E-state index contributed by atoms with van der Waals surface area (Å²) in [4.78, 5) is 33.6. The first-order valence-electron chi connectivity index (χ1n) is 9.87. The van der Waals surface area contributed by atoms with Crippen LogP contribution < -0.4 is 10.9 Å². The Morgan fingerprint density at radius 2 is 1.84 bits per heavy atom.